The molecule has 1 aliphatic heterocycles. The van der Waals surface area contributed by atoms with Crippen LogP contribution in [0.2, 0.25) is 5.02 Å². The molecule has 1 saturated heterocycles. The SMILES string of the molecule is C#CCOc1c(Cl)cc(/C=C2/C(=O)NC(=O)N(c3cccc(Br)c3)C2=O)cc1OC. The normalized spacial score (nSPS) is 15.1. The molecule has 152 valence electrons. The van der Waals surface area contributed by atoms with Crippen LogP contribution in [0.4, 0.5) is 10.5 Å². The van der Waals surface area contributed by atoms with Crippen molar-refractivity contribution in [2.45, 2.75) is 0 Å². The number of methoxy groups -OCH3 is 1. The Balaban J connectivity index is 2.02. The van der Waals surface area contributed by atoms with E-state index in [1.807, 2.05) is 0 Å². The van der Waals surface area contributed by atoms with Gasteiger partial charge in [0.1, 0.15) is 12.2 Å². The second kappa shape index (κ2) is 9.03. The average molecular weight is 490 g/mol. The number of barbiturate groups is 1. The molecule has 3 rings (SSSR count). The molecule has 0 unspecified atom stereocenters. The molecule has 9 heteroatoms. The van der Waals surface area contributed by atoms with Crippen LogP contribution < -0.4 is 19.7 Å². The smallest absolute Gasteiger partial charge is 0.335 e. The minimum atomic E-state index is -0.839. The lowest BCUT2D eigenvalue weighted by Crippen LogP contribution is -2.54. The van der Waals surface area contributed by atoms with Crippen molar-refractivity contribution in [3.8, 4) is 23.8 Å². The van der Waals surface area contributed by atoms with Crippen LogP contribution in [-0.4, -0.2) is 31.6 Å². The highest BCUT2D eigenvalue weighted by Crippen LogP contribution is 2.37. The van der Waals surface area contributed by atoms with E-state index in [0.717, 1.165) is 4.90 Å². The quantitative estimate of drug-likeness (QED) is 0.392. The Morgan fingerprint density at radius 3 is 2.70 bits per heavy atom. The summed E-state index contributed by atoms with van der Waals surface area (Å²) in [6.07, 6.45) is 6.51. The fraction of sp³-hybridized carbons (Fsp3) is 0.0952. The van der Waals surface area contributed by atoms with Gasteiger partial charge in [-0.2, -0.15) is 0 Å². The maximum Gasteiger partial charge on any atom is 0.335 e. The van der Waals surface area contributed by atoms with Crippen LogP contribution in [0.5, 0.6) is 11.5 Å². The molecule has 1 N–H and O–H groups in total. The summed E-state index contributed by atoms with van der Waals surface area (Å²) in [5.41, 5.74) is 0.454. The van der Waals surface area contributed by atoms with Crippen molar-refractivity contribution in [2.75, 3.05) is 18.6 Å². The van der Waals surface area contributed by atoms with E-state index in [1.165, 1.54) is 25.3 Å². The molecule has 4 amide bonds. The van der Waals surface area contributed by atoms with Gasteiger partial charge in [-0.05, 0) is 42.0 Å². The Hall–Kier alpha value is -3.28. The molecule has 0 aliphatic carbocycles. The summed E-state index contributed by atoms with van der Waals surface area (Å²) in [7, 11) is 1.41. The summed E-state index contributed by atoms with van der Waals surface area (Å²) >= 11 is 9.54. The summed E-state index contributed by atoms with van der Waals surface area (Å²) in [5, 5.41) is 2.34. The zero-order valence-corrected chi connectivity index (χ0v) is 17.9. The molecular weight excluding hydrogens is 476 g/mol. The number of hydrogen-bond acceptors (Lipinski definition) is 5. The molecule has 0 aromatic heterocycles. The Labute approximate surface area is 185 Å². The van der Waals surface area contributed by atoms with Gasteiger partial charge in [0.2, 0.25) is 0 Å². The third kappa shape index (κ3) is 4.32. The zero-order chi connectivity index (χ0) is 21.8. The predicted octanol–water partition coefficient (Wildman–Crippen LogP) is 3.79. The second-order valence-electron chi connectivity index (χ2n) is 5.96. The van der Waals surface area contributed by atoms with E-state index < -0.39 is 17.8 Å². The van der Waals surface area contributed by atoms with Gasteiger partial charge in [0.25, 0.3) is 11.8 Å². The van der Waals surface area contributed by atoms with Crippen LogP contribution in [0, 0.1) is 12.3 Å². The van der Waals surface area contributed by atoms with Crippen molar-refractivity contribution in [2.24, 2.45) is 0 Å². The van der Waals surface area contributed by atoms with E-state index in [2.05, 4.69) is 27.2 Å². The average Bonchev–Trinajstić information content (AvgIpc) is 2.70. The predicted molar refractivity (Wildman–Crippen MR) is 115 cm³/mol. The lowest BCUT2D eigenvalue weighted by Gasteiger charge is -2.26. The van der Waals surface area contributed by atoms with Crippen molar-refractivity contribution in [1.82, 2.24) is 5.32 Å². The zero-order valence-electron chi connectivity index (χ0n) is 15.6. The second-order valence-corrected chi connectivity index (χ2v) is 7.29. The Kier molecular flexibility index (Phi) is 6.45. The van der Waals surface area contributed by atoms with Gasteiger partial charge in [-0.1, -0.05) is 39.5 Å². The van der Waals surface area contributed by atoms with Crippen molar-refractivity contribution < 1.29 is 23.9 Å². The number of nitrogens with zero attached hydrogens (tertiary/aromatic N) is 1. The number of carbonyl (C=O) groups excluding carboxylic acids is 3. The summed E-state index contributed by atoms with van der Waals surface area (Å²) in [5.74, 6) is 1.25. The van der Waals surface area contributed by atoms with Crippen LogP contribution in [0.25, 0.3) is 6.08 Å². The van der Waals surface area contributed by atoms with E-state index in [-0.39, 0.29) is 28.7 Å². The summed E-state index contributed by atoms with van der Waals surface area (Å²) in [4.78, 5) is 38.5. The van der Waals surface area contributed by atoms with Crippen molar-refractivity contribution in [3.63, 3.8) is 0 Å². The third-order valence-electron chi connectivity index (χ3n) is 4.03. The van der Waals surface area contributed by atoms with Crippen LogP contribution >= 0.6 is 27.5 Å². The maximum atomic E-state index is 13.0. The van der Waals surface area contributed by atoms with Crippen LogP contribution in [0.3, 0.4) is 0 Å². The monoisotopic (exact) mass is 488 g/mol. The molecule has 1 aliphatic rings. The van der Waals surface area contributed by atoms with Gasteiger partial charge < -0.3 is 9.47 Å². The standard InChI is InChI=1S/C21H14BrClN2O5/c1-3-7-30-18-16(23)9-12(10-17(18)29-2)8-15-19(26)24-21(28)25(20(15)27)14-6-4-5-13(22)11-14/h1,4-6,8-11H,7H2,2H3,(H,24,26,28)/b15-8-. The Morgan fingerprint density at radius 1 is 1.27 bits per heavy atom. The number of nitrogens with one attached hydrogen (secondary N) is 1. The summed E-state index contributed by atoms with van der Waals surface area (Å²) < 4.78 is 11.3. The fourth-order valence-corrected chi connectivity index (χ4v) is 3.41. The Morgan fingerprint density at radius 2 is 2.03 bits per heavy atom. The molecule has 30 heavy (non-hydrogen) atoms. The molecule has 0 spiro atoms. The number of hydrogen-bond donors (Lipinski definition) is 1. The number of imide groups is 2. The molecule has 1 fully saturated rings. The first-order valence-corrected chi connectivity index (χ1v) is 9.63. The van der Waals surface area contributed by atoms with E-state index in [9.17, 15) is 14.4 Å². The molecule has 0 bridgehead atoms. The van der Waals surface area contributed by atoms with Crippen molar-refractivity contribution >= 4 is 57.1 Å². The minimum Gasteiger partial charge on any atom is -0.493 e. The van der Waals surface area contributed by atoms with Gasteiger partial charge in [-0.3, -0.25) is 14.9 Å². The number of anilines is 1. The molecule has 7 nitrogen and oxygen atoms in total. The molecule has 0 radical (unpaired) electrons. The van der Waals surface area contributed by atoms with E-state index >= 15 is 0 Å². The highest BCUT2D eigenvalue weighted by molar-refractivity contribution is 9.10. The molecule has 0 saturated carbocycles. The lowest BCUT2D eigenvalue weighted by atomic mass is 10.1. The number of terminal acetylenes is 1. The van der Waals surface area contributed by atoms with Gasteiger partial charge in [0.15, 0.2) is 11.5 Å². The van der Waals surface area contributed by atoms with Gasteiger partial charge in [0, 0.05) is 4.47 Å². The van der Waals surface area contributed by atoms with Crippen LogP contribution in [0.1, 0.15) is 5.56 Å². The molecule has 2 aromatic carbocycles. The van der Waals surface area contributed by atoms with E-state index in [1.54, 1.807) is 24.3 Å². The number of carbonyl (C=O) groups is 3. The number of amides is 4. The minimum absolute atomic E-state index is 0.0128. The third-order valence-corrected chi connectivity index (χ3v) is 4.80. The molecular formula is C21H14BrClN2O5. The summed E-state index contributed by atoms with van der Waals surface area (Å²) in [6.45, 7) is -0.0128. The first kappa shape index (κ1) is 21.4. The number of benzene rings is 2. The number of halogens is 2. The highest BCUT2D eigenvalue weighted by Gasteiger charge is 2.37. The van der Waals surface area contributed by atoms with Gasteiger partial charge in [-0.25, -0.2) is 9.69 Å². The first-order valence-electron chi connectivity index (χ1n) is 8.46. The van der Waals surface area contributed by atoms with Gasteiger partial charge >= 0.3 is 6.03 Å². The Bertz CT molecular complexity index is 1120. The van der Waals surface area contributed by atoms with Crippen LogP contribution in [-0.2, 0) is 9.59 Å². The number of urea groups is 1. The van der Waals surface area contributed by atoms with E-state index in [4.69, 9.17) is 27.5 Å². The fourth-order valence-electron chi connectivity index (χ4n) is 2.75. The highest BCUT2D eigenvalue weighted by atomic mass is 79.9. The number of rotatable bonds is 5. The maximum absolute atomic E-state index is 13.0. The number of ether oxygens (including phenoxy) is 2. The first-order chi connectivity index (χ1) is 14.3. The van der Waals surface area contributed by atoms with E-state index in [0.29, 0.717) is 15.7 Å². The summed E-state index contributed by atoms with van der Waals surface area (Å²) in [6, 6.07) is 8.76. The van der Waals surface area contributed by atoms with Gasteiger partial charge in [-0.15, -0.1) is 6.42 Å². The van der Waals surface area contributed by atoms with Crippen molar-refractivity contribution in [1.29, 1.82) is 0 Å². The largest absolute Gasteiger partial charge is 0.493 e. The van der Waals surface area contributed by atoms with Crippen LogP contribution in [0.15, 0.2) is 46.4 Å². The lowest BCUT2D eigenvalue weighted by molar-refractivity contribution is -0.122. The van der Waals surface area contributed by atoms with Gasteiger partial charge in [0.05, 0.1) is 17.8 Å². The molecule has 2 aromatic rings. The topological polar surface area (TPSA) is 84.9 Å². The molecule has 1 heterocycles. The van der Waals surface area contributed by atoms with Crippen molar-refractivity contribution in [3.05, 3.63) is 57.0 Å². The molecule has 0 atom stereocenters.